The van der Waals surface area contributed by atoms with E-state index in [0.29, 0.717) is 17.8 Å². The number of amides is 2. The zero-order chi connectivity index (χ0) is 16.3. The van der Waals surface area contributed by atoms with E-state index in [1.807, 2.05) is 11.0 Å². The number of carbonyl (C=O) groups excluding carboxylic acids is 1. The Labute approximate surface area is 143 Å². The number of rotatable bonds is 1. The second-order valence-electron chi connectivity index (χ2n) is 8.55. The molecule has 4 bridgehead atoms. The van der Waals surface area contributed by atoms with E-state index < -0.39 is 5.60 Å². The van der Waals surface area contributed by atoms with Gasteiger partial charge in [0.2, 0.25) is 0 Å². The molecule has 6 rings (SSSR count). The van der Waals surface area contributed by atoms with Crippen LogP contribution in [0.2, 0.25) is 0 Å². The predicted molar refractivity (Wildman–Crippen MR) is 92.9 cm³/mol. The molecule has 0 saturated heterocycles. The molecule has 4 aliphatic carbocycles. The van der Waals surface area contributed by atoms with Crippen LogP contribution in [0.5, 0.6) is 0 Å². The molecule has 1 aromatic carbocycles. The van der Waals surface area contributed by atoms with Gasteiger partial charge in [0.15, 0.2) is 0 Å². The fraction of sp³-hybridized carbons (Fsp3) is 0.650. The van der Waals surface area contributed by atoms with Crippen molar-refractivity contribution in [3.05, 3.63) is 29.8 Å². The summed E-state index contributed by atoms with van der Waals surface area (Å²) < 4.78 is 0. The van der Waals surface area contributed by atoms with Gasteiger partial charge in [-0.25, -0.2) is 4.79 Å². The van der Waals surface area contributed by atoms with Gasteiger partial charge in [-0.2, -0.15) is 0 Å². The lowest BCUT2D eigenvalue weighted by Gasteiger charge is -2.58. The maximum atomic E-state index is 13.0. The summed E-state index contributed by atoms with van der Waals surface area (Å²) in [5.74, 6) is 1.60. The van der Waals surface area contributed by atoms with Crippen molar-refractivity contribution in [3.63, 3.8) is 0 Å². The number of carbonyl (C=O) groups is 1. The van der Waals surface area contributed by atoms with Crippen LogP contribution >= 0.6 is 0 Å². The first-order valence-electron chi connectivity index (χ1n) is 9.50. The topological polar surface area (TPSA) is 52.6 Å². The highest BCUT2D eigenvalue weighted by molar-refractivity contribution is 5.93. The van der Waals surface area contributed by atoms with E-state index in [2.05, 4.69) is 23.5 Å². The number of urea groups is 1. The van der Waals surface area contributed by atoms with Crippen LogP contribution in [0.3, 0.4) is 0 Å². The van der Waals surface area contributed by atoms with Gasteiger partial charge >= 0.3 is 6.03 Å². The van der Waals surface area contributed by atoms with Gasteiger partial charge in [-0.05, 0) is 74.3 Å². The third-order valence-corrected chi connectivity index (χ3v) is 6.89. The SMILES string of the molecule is O=C(N[C@H]1C2CC3CC1C[C@](O)(C3)C2)N1CCCc2ccccc21. The molecule has 2 N–H and O–H groups in total. The van der Waals surface area contributed by atoms with Crippen molar-refractivity contribution in [2.24, 2.45) is 17.8 Å². The molecule has 4 heteroatoms. The molecule has 1 aliphatic heterocycles. The molecule has 0 radical (unpaired) electrons. The zero-order valence-electron chi connectivity index (χ0n) is 14.1. The maximum Gasteiger partial charge on any atom is 0.322 e. The number of para-hydroxylation sites is 1. The lowest BCUT2D eigenvalue weighted by Crippen LogP contribution is -2.63. The Bertz CT molecular complexity index is 657. The highest BCUT2D eigenvalue weighted by Gasteiger charge is 2.55. The van der Waals surface area contributed by atoms with E-state index in [1.165, 1.54) is 18.4 Å². The van der Waals surface area contributed by atoms with Crippen molar-refractivity contribution in [2.45, 2.75) is 56.6 Å². The summed E-state index contributed by atoms with van der Waals surface area (Å²) >= 11 is 0. The second kappa shape index (κ2) is 5.22. The first-order valence-corrected chi connectivity index (χ1v) is 9.50. The number of nitrogens with one attached hydrogen (secondary N) is 1. The minimum absolute atomic E-state index is 0.0617. The van der Waals surface area contributed by atoms with Crippen molar-refractivity contribution in [1.82, 2.24) is 5.32 Å². The average Bonchev–Trinajstić information content (AvgIpc) is 2.56. The fourth-order valence-corrected chi connectivity index (χ4v) is 6.18. The van der Waals surface area contributed by atoms with Crippen molar-refractivity contribution < 1.29 is 9.90 Å². The number of anilines is 1. The van der Waals surface area contributed by atoms with Crippen LogP contribution in [0.15, 0.2) is 24.3 Å². The molecule has 0 aromatic heterocycles. The number of nitrogens with zero attached hydrogens (tertiary/aromatic N) is 1. The average molecular weight is 326 g/mol. The van der Waals surface area contributed by atoms with E-state index in [0.717, 1.165) is 44.3 Å². The molecule has 0 spiro atoms. The standard InChI is InChI=1S/C20H26N2O2/c23-19(22-7-3-5-14-4-1-2-6-17(14)22)21-18-15-8-13-9-16(18)12-20(24,10-13)11-15/h1-2,4,6,13,15-16,18,24H,3,5,7-12H2,(H,21,23)/t13?,15?,16?,18-,20-. The zero-order valence-corrected chi connectivity index (χ0v) is 14.1. The lowest BCUT2D eigenvalue weighted by molar-refractivity contribution is -0.136. The van der Waals surface area contributed by atoms with Gasteiger partial charge in [-0.3, -0.25) is 4.90 Å². The minimum atomic E-state index is -0.435. The Balaban J connectivity index is 1.35. The maximum absolute atomic E-state index is 13.0. The van der Waals surface area contributed by atoms with Crippen LogP contribution in [-0.4, -0.2) is 29.3 Å². The number of aryl methyl sites for hydroxylation is 1. The molecule has 4 saturated carbocycles. The second-order valence-corrected chi connectivity index (χ2v) is 8.55. The van der Waals surface area contributed by atoms with Gasteiger partial charge in [0.1, 0.15) is 0 Å². The lowest BCUT2D eigenvalue weighted by atomic mass is 9.52. The minimum Gasteiger partial charge on any atom is -0.390 e. The van der Waals surface area contributed by atoms with Crippen LogP contribution in [0, 0.1) is 17.8 Å². The number of fused-ring (bicyclic) bond motifs is 1. The van der Waals surface area contributed by atoms with Crippen LogP contribution in [0.25, 0.3) is 0 Å². The van der Waals surface area contributed by atoms with Gasteiger partial charge in [0.25, 0.3) is 0 Å². The number of aliphatic hydroxyl groups is 1. The summed E-state index contributed by atoms with van der Waals surface area (Å²) in [6, 6.07) is 8.58. The van der Waals surface area contributed by atoms with Crippen molar-refractivity contribution in [1.29, 1.82) is 0 Å². The van der Waals surface area contributed by atoms with Gasteiger partial charge in [-0.15, -0.1) is 0 Å². The van der Waals surface area contributed by atoms with Crippen LogP contribution in [0.4, 0.5) is 10.5 Å². The van der Waals surface area contributed by atoms with E-state index in [9.17, 15) is 9.90 Å². The summed E-state index contributed by atoms with van der Waals surface area (Å²) in [6.07, 6.45) is 7.19. The number of hydrogen-bond donors (Lipinski definition) is 2. The first-order chi connectivity index (χ1) is 11.6. The highest BCUT2D eigenvalue weighted by Crippen LogP contribution is 2.55. The summed E-state index contributed by atoms with van der Waals surface area (Å²) in [5.41, 5.74) is 1.91. The summed E-state index contributed by atoms with van der Waals surface area (Å²) in [7, 11) is 0. The Hall–Kier alpha value is -1.55. The summed E-state index contributed by atoms with van der Waals surface area (Å²) in [5, 5.41) is 14.1. The van der Waals surface area contributed by atoms with E-state index in [4.69, 9.17) is 0 Å². The Morgan fingerprint density at radius 2 is 1.92 bits per heavy atom. The molecule has 128 valence electrons. The molecule has 1 aromatic rings. The molecule has 2 atom stereocenters. The largest absolute Gasteiger partial charge is 0.390 e. The smallest absolute Gasteiger partial charge is 0.322 e. The first kappa shape index (κ1) is 14.8. The Kier molecular flexibility index (Phi) is 3.21. The quantitative estimate of drug-likeness (QED) is 0.833. The normalized spacial score (nSPS) is 39.6. The Morgan fingerprint density at radius 1 is 1.17 bits per heavy atom. The number of benzene rings is 1. The molecular weight excluding hydrogens is 300 g/mol. The molecule has 2 amide bonds. The van der Waals surface area contributed by atoms with Gasteiger partial charge in [0.05, 0.1) is 5.60 Å². The molecule has 5 aliphatic rings. The monoisotopic (exact) mass is 326 g/mol. The van der Waals surface area contributed by atoms with E-state index in [-0.39, 0.29) is 12.1 Å². The molecule has 4 nitrogen and oxygen atoms in total. The molecular formula is C20H26N2O2. The Morgan fingerprint density at radius 3 is 2.67 bits per heavy atom. The number of hydrogen-bond acceptors (Lipinski definition) is 2. The molecule has 4 fully saturated rings. The van der Waals surface area contributed by atoms with Crippen LogP contribution in [0.1, 0.15) is 44.1 Å². The molecule has 24 heavy (non-hydrogen) atoms. The van der Waals surface area contributed by atoms with Gasteiger partial charge in [-0.1, -0.05) is 18.2 Å². The van der Waals surface area contributed by atoms with Gasteiger partial charge in [0, 0.05) is 18.3 Å². The van der Waals surface area contributed by atoms with E-state index >= 15 is 0 Å². The van der Waals surface area contributed by atoms with Crippen molar-refractivity contribution >= 4 is 11.7 Å². The van der Waals surface area contributed by atoms with Crippen molar-refractivity contribution in [3.8, 4) is 0 Å². The van der Waals surface area contributed by atoms with Crippen molar-refractivity contribution in [2.75, 3.05) is 11.4 Å². The fourth-order valence-electron chi connectivity index (χ4n) is 6.18. The molecule has 1 heterocycles. The van der Waals surface area contributed by atoms with Crippen LogP contribution in [-0.2, 0) is 6.42 Å². The summed E-state index contributed by atoms with van der Waals surface area (Å²) in [4.78, 5) is 14.9. The third-order valence-electron chi connectivity index (χ3n) is 6.89. The molecule has 2 unspecified atom stereocenters. The van der Waals surface area contributed by atoms with Gasteiger partial charge < -0.3 is 10.4 Å². The third kappa shape index (κ3) is 2.26. The van der Waals surface area contributed by atoms with E-state index in [1.54, 1.807) is 0 Å². The highest BCUT2D eigenvalue weighted by atomic mass is 16.3. The summed E-state index contributed by atoms with van der Waals surface area (Å²) in [6.45, 7) is 0.803. The predicted octanol–water partition coefficient (Wildman–Crippen LogP) is 3.09. The van der Waals surface area contributed by atoms with Crippen LogP contribution < -0.4 is 10.2 Å².